The number of hydrogen-bond acceptors (Lipinski definition) is 5. The maximum atomic E-state index is 4.91. The zero-order valence-electron chi connectivity index (χ0n) is 20.2. The smallest absolute Gasteiger partial charge is 0.192 e. The number of benzene rings is 1. The Morgan fingerprint density at radius 3 is 2.64 bits per heavy atom. The van der Waals surface area contributed by atoms with E-state index in [1.54, 1.807) is 0 Å². The molecule has 0 bridgehead atoms. The first-order valence-electron chi connectivity index (χ1n) is 12.1. The maximum absolute atomic E-state index is 4.91. The van der Waals surface area contributed by atoms with Crippen LogP contribution in [0.25, 0.3) is 0 Å². The topological polar surface area (TPSA) is 73.6 Å². The van der Waals surface area contributed by atoms with Crippen molar-refractivity contribution in [2.45, 2.75) is 58.2 Å². The minimum absolute atomic E-state index is 0. The number of rotatable bonds is 7. The van der Waals surface area contributed by atoms with Crippen molar-refractivity contribution in [3.05, 3.63) is 42.0 Å². The Hall–Kier alpha value is -1.88. The lowest BCUT2D eigenvalue weighted by Crippen LogP contribution is -2.53. The molecule has 1 aromatic carbocycles. The summed E-state index contributed by atoms with van der Waals surface area (Å²) >= 11 is 0. The van der Waals surface area contributed by atoms with Crippen molar-refractivity contribution in [2.75, 3.05) is 37.6 Å². The average molecular weight is 567 g/mol. The second-order valence-corrected chi connectivity index (χ2v) is 8.96. The fraction of sp³-hybridized carbons (Fsp3) is 0.625. The minimum Gasteiger partial charge on any atom is -0.369 e. The molecule has 3 heterocycles. The number of likely N-dealkylation sites (N-methyl/N-ethyl adjacent to an activating group) is 1. The fourth-order valence-corrected chi connectivity index (χ4v) is 4.81. The Morgan fingerprint density at radius 1 is 1.12 bits per heavy atom. The molecule has 1 aromatic heterocycles. The van der Waals surface area contributed by atoms with Crippen LogP contribution in [0.1, 0.15) is 44.3 Å². The van der Waals surface area contributed by atoms with E-state index in [1.165, 1.54) is 31.5 Å². The summed E-state index contributed by atoms with van der Waals surface area (Å²) in [6.07, 6.45) is 4.86. The number of para-hydroxylation sites is 1. The number of aliphatic imine (C=N–C) groups is 1. The lowest BCUT2D eigenvalue weighted by Gasteiger charge is -2.35. The Morgan fingerprint density at radius 2 is 1.91 bits per heavy atom. The average Bonchev–Trinajstić information content (AvgIpc) is 3.42. The summed E-state index contributed by atoms with van der Waals surface area (Å²) < 4.78 is 2.01. The molecule has 2 atom stereocenters. The van der Waals surface area contributed by atoms with Gasteiger partial charge in [0.2, 0.25) is 0 Å². The molecule has 8 nitrogen and oxygen atoms in total. The van der Waals surface area contributed by atoms with Crippen molar-refractivity contribution in [1.82, 2.24) is 30.3 Å². The number of nitrogens with one attached hydrogen (secondary N) is 2. The van der Waals surface area contributed by atoms with Gasteiger partial charge >= 0.3 is 0 Å². The first-order valence-corrected chi connectivity index (χ1v) is 12.1. The molecular weight excluding hydrogens is 527 g/mol. The van der Waals surface area contributed by atoms with Crippen LogP contribution in [-0.2, 0) is 13.6 Å². The molecule has 0 saturated carbocycles. The number of halogens is 1. The van der Waals surface area contributed by atoms with Crippen LogP contribution in [0.15, 0.2) is 35.3 Å². The third kappa shape index (κ3) is 6.81. The Bertz CT molecular complexity index is 884. The van der Waals surface area contributed by atoms with Crippen molar-refractivity contribution in [3.63, 3.8) is 0 Å². The van der Waals surface area contributed by atoms with Gasteiger partial charge in [0.05, 0.1) is 0 Å². The number of hydrogen-bond donors (Lipinski definition) is 2. The SMILES string of the molecule is CCN1CCCC1CNC(=NCc1nnc(C)n1C)NC1CCCN(c2ccccc2)C1.I. The molecular formula is C24H39IN8. The molecule has 9 heteroatoms. The predicted octanol–water partition coefficient (Wildman–Crippen LogP) is 2.93. The highest BCUT2D eigenvalue weighted by atomic mass is 127. The molecule has 33 heavy (non-hydrogen) atoms. The number of anilines is 1. The zero-order valence-corrected chi connectivity index (χ0v) is 22.5. The van der Waals surface area contributed by atoms with Gasteiger partial charge in [-0.15, -0.1) is 34.2 Å². The van der Waals surface area contributed by atoms with Gasteiger partial charge in [-0.2, -0.15) is 0 Å². The zero-order chi connectivity index (χ0) is 22.3. The maximum Gasteiger partial charge on any atom is 0.192 e. The van der Waals surface area contributed by atoms with Crippen LogP contribution in [0.3, 0.4) is 0 Å². The molecule has 2 aliphatic heterocycles. The number of likely N-dealkylation sites (tertiary alicyclic amines) is 1. The summed E-state index contributed by atoms with van der Waals surface area (Å²) in [4.78, 5) is 9.94. The number of piperidine rings is 1. The van der Waals surface area contributed by atoms with Gasteiger partial charge in [0.1, 0.15) is 12.4 Å². The van der Waals surface area contributed by atoms with Gasteiger partial charge in [-0.25, -0.2) is 4.99 Å². The molecule has 2 fully saturated rings. The predicted molar refractivity (Wildman–Crippen MR) is 145 cm³/mol. The summed E-state index contributed by atoms with van der Waals surface area (Å²) in [5.74, 6) is 2.68. The minimum atomic E-state index is 0. The third-order valence-corrected chi connectivity index (χ3v) is 6.86. The molecule has 2 saturated heterocycles. The molecule has 2 N–H and O–H groups in total. The summed E-state index contributed by atoms with van der Waals surface area (Å²) in [5, 5.41) is 15.8. The Kier molecular flexibility index (Phi) is 9.78. The van der Waals surface area contributed by atoms with Crippen LogP contribution in [0.2, 0.25) is 0 Å². The van der Waals surface area contributed by atoms with E-state index in [1.807, 2.05) is 18.5 Å². The highest BCUT2D eigenvalue weighted by Crippen LogP contribution is 2.19. The van der Waals surface area contributed by atoms with Crippen molar-refractivity contribution in [2.24, 2.45) is 12.0 Å². The van der Waals surface area contributed by atoms with E-state index in [9.17, 15) is 0 Å². The molecule has 2 unspecified atom stereocenters. The summed E-state index contributed by atoms with van der Waals surface area (Å²) in [7, 11) is 2.00. The summed E-state index contributed by atoms with van der Waals surface area (Å²) in [6, 6.07) is 11.7. The van der Waals surface area contributed by atoms with E-state index in [2.05, 4.69) is 67.9 Å². The molecule has 182 valence electrons. The highest BCUT2D eigenvalue weighted by Gasteiger charge is 2.24. The molecule has 0 spiro atoms. The lowest BCUT2D eigenvalue weighted by atomic mass is 10.0. The van der Waals surface area contributed by atoms with Gasteiger partial charge in [0.25, 0.3) is 0 Å². The van der Waals surface area contributed by atoms with Gasteiger partial charge < -0.3 is 20.1 Å². The van der Waals surface area contributed by atoms with Crippen molar-refractivity contribution >= 4 is 35.6 Å². The van der Waals surface area contributed by atoms with E-state index < -0.39 is 0 Å². The first-order chi connectivity index (χ1) is 15.6. The quantitative estimate of drug-likeness (QED) is 0.305. The van der Waals surface area contributed by atoms with E-state index >= 15 is 0 Å². The fourth-order valence-electron chi connectivity index (χ4n) is 4.81. The van der Waals surface area contributed by atoms with Crippen molar-refractivity contribution in [3.8, 4) is 0 Å². The lowest BCUT2D eigenvalue weighted by molar-refractivity contribution is 0.266. The second kappa shape index (κ2) is 12.5. The van der Waals surface area contributed by atoms with Gasteiger partial charge in [-0.3, -0.25) is 4.90 Å². The van der Waals surface area contributed by atoms with Crippen LogP contribution in [-0.4, -0.2) is 70.4 Å². The van der Waals surface area contributed by atoms with Crippen molar-refractivity contribution in [1.29, 1.82) is 0 Å². The number of aryl methyl sites for hydroxylation is 1. The number of nitrogens with zero attached hydrogens (tertiary/aromatic N) is 6. The standard InChI is InChI=1S/C24H38N8.HI/c1-4-31-14-9-13-22(31)16-25-24(26-17-23-29-28-19(2)30(23)3)27-20-10-8-15-32(18-20)21-11-6-5-7-12-21;/h5-7,11-12,20,22H,4,8-10,13-18H2,1-3H3,(H2,25,26,27);1H. The van der Waals surface area contributed by atoms with Crippen LogP contribution >= 0.6 is 24.0 Å². The van der Waals surface area contributed by atoms with Crippen molar-refractivity contribution < 1.29 is 0 Å². The number of aromatic nitrogens is 3. The molecule has 0 radical (unpaired) electrons. The second-order valence-electron chi connectivity index (χ2n) is 8.96. The normalized spacial score (nSPS) is 21.7. The van der Waals surface area contributed by atoms with Crippen LogP contribution in [0.4, 0.5) is 5.69 Å². The highest BCUT2D eigenvalue weighted by molar-refractivity contribution is 14.0. The van der Waals surface area contributed by atoms with Gasteiger partial charge in [-0.1, -0.05) is 25.1 Å². The van der Waals surface area contributed by atoms with Gasteiger partial charge in [0.15, 0.2) is 11.8 Å². The molecule has 2 aromatic rings. The van der Waals surface area contributed by atoms with Gasteiger partial charge in [0, 0.05) is 44.5 Å². The summed E-state index contributed by atoms with van der Waals surface area (Å²) in [6.45, 7) is 10.1. The first kappa shape index (κ1) is 25.7. The summed E-state index contributed by atoms with van der Waals surface area (Å²) in [5.41, 5.74) is 1.30. The van der Waals surface area contributed by atoms with Crippen LogP contribution in [0, 0.1) is 6.92 Å². The van der Waals surface area contributed by atoms with E-state index in [-0.39, 0.29) is 24.0 Å². The molecule has 2 aliphatic rings. The Balaban J connectivity index is 0.00000306. The van der Waals surface area contributed by atoms with Crippen LogP contribution < -0.4 is 15.5 Å². The molecule has 0 amide bonds. The number of guanidine groups is 1. The largest absolute Gasteiger partial charge is 0.369 e. The molecule has 0 aliphatic carbocycles. The van der Waals surface area contributed by atoms with Gasteiger partial charge in [-0.05, 0) is 57.8 Å². The van der Waals surface area contributed by atoms with E-state index in [4.69, 9.17) is 4.99 Å². The van der Waals surface area contributed by atoms with E-state index in [0.717, 1.165) is 50.2 Å². The third-order valence-electron chi connectivity index (χ3n) is 6.86. The van der Waals surface area contributed by atoms with E-state index in [0.29, 0.717) is 18.6 Å². The monoisotopic (exact) mass is 566 g/mol. The van der Waals surface area contributed by atoms with Crippen LogP contribution in [0.5, 0.6) is 0 Å². The molecule has 4 rings (SSSR count). The Labute approximate surface area is 215 Å².